The molecule has 0 unspecified atom stereocenters. The van der Waals surface area contributed by atoms with Gasteiger partial charge in [0.15, 0.2) is 0 Å². The first-order chi connectivity index (χ1) is 12.3. The molecule has 9 heteroatoms. The van der Waals surface area contributed by atoms with E-state index >= 15 is 0 Å². The Hall–Kier alpha value is -1.71. The summed E-state index contributed by atoms with van der Waals surface area (Å²) in [7, 11) is 0.490. The highest BCUT2D eigenvalue weighted by atomic mass is 32.2. The van der Waals surface area contributed by atoms with E-state index in [2.05, 4.69) is 14.9 Å². The molecule has 3 heterocycles. The van der Waals surface area contributed by atoms with Crippen molar-refractivity contribution in [3.63, 3.8) is 0 Å². The van der Waals surface area contributed by atoms with Crippen molar-refractivity contribution in [1.29, 1.82) is 0 Å². The molecular formula is C17H25N5O2S2. The predicted octanol–water partition coefficient (Wildman–Crippen LogP) is 1.99. The van der Waals surface area contributed by atoms with Gasteiger partial charge in [0, 0.05) is 51.2 Å². The molecule has 1 fully saturated rings. The van der Waals surface area contributed by atoms with Gasteiger partial charge < -0.3 is 9.80 Å². The first-order valence-electron chi connectivity index (χ1n) is 8.68. The zero-order chi connectivity index (χ0) is 18.9. The predicted molar refractivity (Wildman–Crippen MR) is 106 cm³/mol. The Morgan fingerprint density at radius 2 is 1.85 bits per heavy atom. The summed E-state index contributed by atoms with van der Waals surface area (Å²) < 4.78 is 27.7. The Kier molecular flexibility index (Phi) is 5.50. The van der Waals surface area contributed by atoms with Crippen LogP contribution in [0.25, 0.3) is 0 Å². The van der Waals surface area contributed by atoms with Crippen LogP contribution >= 0.6 is 11.3 Å². The van der Waals surface area contributed by atoms with Gasteiger partial charge in [-0.3, -0.25) is 0 Å². The Labute approximate surface area is 159 Å². The van der Waals surface area contributed by atoms with Crippen molar-refractivity contribution < 1.29 is 8.42 Å². The number of aromatic nitrogens is 2. The number of sulfonamides is 1. The van der Waals surface area contributed by atoms with Gasteiger partial charge >= 0.3 is 0 Å². The molecule has 0 bridgehead atoms. The lowest BCUT2D eigenvalue weighted by Gasteiger charge is -2.34. The fourth-order valence-corrected chi connectivity index (χ4v) is 5.77. The molecule has 2 aromatic heterocycles. The van der Waals surface area contributed by atoms with Crippen molar-refractivity contribution >= 4 is 33.0 Å². The van der Waals surface area contributed by atoms with E-state index in [1.807, 2.05) is 45.0 Å². The average Bonchev–Trinajstić information content (AvgIpc) is 3.11. The van der Waals surface area contributed by atoms with Crippen molar-refractivity contribution in [2.45, 2.75) is 24.5 Å². The molecule has 3 rings (SSSR count). The molecule has 1 aliphatic heterocycles. The van der Waals surface area contributed by atoms with Crippen molar-refractivity contribution in [2.75, 3.05) is 50.1 Å². The molecular weight excluding hydrogens is 370 g/mol. The second kappa shape index (κ2) is 7.50. The van der Waals surface area contributed by atoms with E-state index in [0.717, 1.165) is 22.9 Å². The summed E-state index contributed by atoms with van der Waals surface area (Å²) in [5.41, 5.74) is 0. The van der Waals surface area contributed by atoms with E-state index in [1.165, 1.54) is 11.3 Å². The van der Waals surface area contributed by atoms with Crippen LogP contribution in [0.1, 0.15) is 17.6 Å². The topological polar surface area (TPSA) is 69.6 Å². The minimum Gasteiger partial charge on any atom is -0.363 e. The number of hydrogen-bond acceptors (Lipinski definition) is 7. The third kappa shape index (κ3) is 3.84. The molecule has 0 N–H and O–H groups in total. The Morgan fingerprint density at radius 3 is 2.42 bits per heavy atom. The molecule has 0 aliphatic carbocycles. The smallest absolute Gasteiger partial charge is 0.252 e. The normalized spacial score (nSPS) is 16.1. The van der Waals surface area contributed by atoms with Gasteiger partial charge in [0.1, 0.15) is 21.7 Å². The van der Waals surface area contributed by atoms with Gasteiger partial charge in [-0.05, 0) is 25.5 Å². The molecule has 0 saturated carbocycles. The van der Waals surface area contributed by atoms with Gasteiger partial charge in [-0.1, -0.05) is 6.92 Å². The SMILES string of the molecule is CCc1ccc(S(=O)(=O)N2CCN(c3cc(N(C)C)nc(C)n3)CC2)s1. The van der Waals surface area contributed by atoms with Gasteiger partial charge in [0.25, 0.3) is 10.0 Å². The second-order valence-corrected chi connectivity index (χ2v) is 9.82. The van der Waals surface area contributed by atoms with Crippen LogP contribution in [0.2, 0.25) is 0 Å². The lowest BCUT2D eigenvalue weighted by atomic mass is 10.3. The van der Waals surface area contributed by atoms with Crippen LogP contribution in [0, 0.1) is 6.92 Å². The number of thiophene rings is 1. The van der Waals surface area contributed by atoms with Crippen molar-refractivity contribution in [3.05, 3.63) is 28.9 Å². The van der Waals surface area contributed by atoms with Crippen LogP contribution in [0.5, 0.6) is 0 Å². The standard InChI is InChI=1S/C17H25N5O2S2/c1-5-14-6-7-17(25-14)26(23,24)22-10-8-21(9-11-22)16-12-15(20(3)4)18-13(2)19-16/h6-7,12H,5,8-11H2,1-4H3. The average molecular weight is 396 g/mol. The molecule has 0 aromatic carbocycles. The van der Waals surface area contributed by atoms with Crippen LogP contribution < -0.4 is 9.80 Å². The van der Waals surface area contributed by atoms with Gasteiger partial charge in [0.05, 0.1) is 0 Å². The van der Waals surface area contributed by atoms with Crippen LogP contribution in [-0.2, 0) is 16.4 Å². The second-order valence-electron chi connectivity index (χ2n) is 6.49. The van der Waals surface area contributed by atoms with E-state index in [-0.39, 0.29) is 0 Å². The summed E-state index contributed by atoms with van der Waals surface area (Å²) >= 11 is 1.37. The molecule has 1 aliphatic rings. The monoisotopic (exact) mass is 395 g/mol. The number of anilines is 2. The maximum atomic E-state index is 12.8. The van der Waals surface area contributed by atoms with Crippen molar-refractivity contribution in [1.82, 2.24) is 14.3 Å². The number of aryl methyl sites for hydroxylation is 2. The number of piperazine rings is 1. The first-order valence-corrected chi connectivity index (χ1v) is 10.9. The number of nitrogens with zero attached hydrogens (tertiary/aromatic N) is 5. The van der Waals surface area contributed by atoms with E-state index in [0.29, 0.717) is 36.2 Å². The van der Waals surface area contributed by atoms with E-state index in [4.69, 9.17) is 0 Å². The van der Waals surface area contributed by atoms with E-state index < -0.39 is 10.0 Å². The zero-order valence-electron chi connectivity index (χ0n) is 15.6. The number of rotatable bonds is 5. The molecule has 0 spiro atoms. The highest BCUT2D eigenvalue weighted by molar-refractivity contribution is 7.91. The summed E-state index contributed by atoms with van der Waals surface area (Å²) in [6.07, 6.45) is 0.856. The van der Waals surface area contributed by atoms with Crippen molar-refractivity contribution in [3.8, 4) is 0 Å². The lowest BCUT2D eigenvalue weighted by Crippen LogP contribution is -2.48. The maximum Gasteiger partial charge on any atom is 0.252 e. The van der Waals surface area contributed by atoms with Gasteiger partial charge in [-0.15, -0.1) is 11.3 Å². The largest absolute Gasteiger partial charge is 0.363 e. The summed E-state index contributed by atoms with van der Waals surface area (Å²) in [6.45, 7) is 6.07. The third-order valence-corrected chi connectivity index (χ3v) is 8.01. The van der Waals surface area contributed by atoms with Crippen LogP contribution in [-0.4, -0.2) is 63.0 Å². The number of hydrogen-bond donors (Lipinski definition) is 0. The van der Waals surface area contributed by atoms with Gasteiger partial charge in [-0.25, -0.2) is 18.4 Å². The lowest BCUT2D eigenvalue weighted by molar-refractivity contribution is 0.384. The van der Waals surface area contributed by atoms with Crippen LogP contribution in [0.15, 0.2) is 22.4 Å². The molecule has 0 atom stereocenters. The van der Waals surface area contributed by atoms with Gasteiger partial charge in [-0.2, -0.15) is 4.31 Å². The summed E-state index contributed by atoms with van der Waals surface area (Å²) in [5.74, 6) is 2.42. The molecule has 142 valence electrons. The summed E-state index contributed by atoms with van der Waals surface area (Å²) in [5, 5.41) is 0. The Morgan fingerprint density at radius 1 is 1.15 bits per heavy atom. The third-order valence-electron chi connectivity index (χ3n) is 4.41. The fraction of sp³-hybridized carbons (Fsp3) is 0.529. The molecule has 1 saturated heterocycles. The molecule has 0 radical (unpaired) electrons. The highest BCUT2D eigenvalue weighted by Crippen LogP contribution is 2.27. The maximum absolute atomic E-state index is 12.8. The minimum absolute atomic E-state index is 0.440. The summed E-state index contributed by atoms with van der Waals surface area (Å²) in [4.78, 5) is 14.1. The Bertz CT molecular complexity index is 871. The first kappa shape index (κ1) is 19.1. The van der Waals surface area contributed by atoms with E-state index in [9.17, 15) is 8.42 Å². The molecule has 26 heavy (non-hydrogen) atoms. The van der Waals surface area contributed by atoms with E-state index in [1.54, 1.807) is 10.4 Å². The van der Waals surface area contributed by atoms with Gasteiger partial charge in [0.2, 0.25) is 0 Å². The fourth-order valence-electron chi connectivity index (χ4n) is 2.90. The molecule has 0 amide bonds. The minimum atomic E-state index is -3.40. The Balaban J connectivity index is 1.73. The van der Waals surface area contributed by atoms with Crippen molar-refractivity contribution in [2.24, 2.45) is 0 Å². The zero-order valence-corrected chi connectivity index (χ0v) is 17.3. The van der Waals surface area contributed by atoms with Crippen LogP contribution in [0.4, 0.5) is 11.6 Å². The highest BCUT2D eigenvalue weighted by Gasteiger charge is 2.30. The molecule has 2 aromatic rings. The van der Waals surface area contributed by atoms with Crippen LogP contribution in [0.3, 0.4) is 0 Å². The summed E-state index contributed by atoms with van der Waals surface area (Å²) in [6, 6.07) is 5.58. The quantitative estimate of drug-likeness (QED) is 0.771. The molecule has 7 nitrogen and oxygen atoms in total.